The molecule has 4 heteroatoms. The van der Waals surface area contributed by atoms with E-state index in [1.807, 2.05) is 6.92 Å². The fourth-order valence-corrected chi connectivity index (χ4v) is 1.99. The average molecular weight is 218 g/mol. The van der Waals surface area contributed by atoms with Gasteiger partial charge in [0.15, 0.2) is 0 Å². The molecule has 3 nitrogen and oxygen atoms in total. The molecule has 0 radical (unpaired) electrons. The molecule has 2 unspecified atom stereocenters. The maximum absolute atomic E-state index is 11.1. The van der Waals surface area contributed by atoms with Crippen LogP contribution in [0.2, 0.25) is 0 Å². The first-order valence-electron chi connectivity index (χ1n) is 5.33. The van der Waals surface area contributed by atoms with Crippen molar-refractivity contribution >= 4 is 10.8 Å². The van der Waals surface area contributed by atoms with E-state index in [-0.39, 0.29) is 5.25 Å². The highest BCUT2D eigenvalue weighted by Gasteiger charge is 2.17. The summed E-state index contributed by atoms with van der Waals surface area (Å²) in [7, 11) is 1.47. The second-order valence-corrected chi connectivity index (χ2v) is 6.10. The molecule has 0 saturated carbocycles. The van der Waals surface area contributed by atoms with Crippen LogP contribution in [0.5, 0.6) is 0 Å². The van der Waals surface area contributed by atoms with Gasteiger partial charge in [-0.05, 0) is 39.9 Å². The van der Waals surface area contributed by atoms with Crippen molar-refractivity contribution in [2.75, 3.05) is 32.9 Å². The maximum Gasteiger partial charge on any atom is 0.0441 e. The van der Waals surface area contributed by atoms with Gasteiger partial charge in [0.05, 0.1) is 0 Å². The zero-order chi connectivity index (χ0) is 10.6. The Morgan fingerprint density at radius 2 is 2.07 bits per heavy atom. The van der Waals surface area contributed by atoms with Crippen LogP contribution in [-0.2, 0) is 10.8 Å². The van der Waals surface area contributed by atoms with Gasteiger partial charge in [0.25, 0.3) is 0 Å². The second-order valence-electron chi connectivity index (χ2n) is 4.30. The van der Waals surface area contributed by atoms with Gasteiger partial charge in [-0.15, -0.1) is 0 Å². The van der Waals surface area contributed by atoms with E-state index in [1.165, 1.54) is 25.9 Å². The minimum Gasteiger partial charge on any atom is -0.313 e. The van der Waals surface area contributed by atoms with E-state index in [0.717, 1.165) is 6.54 Å². The molecular formula is C10H22N2OS. The van der Waals surface area contributed by atoms with Crippen LogP contribution in [0.3, 0.4) is 0 Å². The maximum atomic E-state index is 11.1. The minimum absolute atomic E-state index is 0.273. The number of nitrogens with zero attached hydrogens (tertiary/aromatic N) is 1. The third kappa shape index (κ3) is 4.07. The Bertz CT molecular complexity index is 191. The average Bonchev–Trinajstić information content (AvgIpc) is 2.16. The van der Waals surface area contributed by atoms with Crippen molar-refractivity contribution < 1.29 is 4.21 Å². The molecule has 1 rings (SSSR count). The van der Waals surface area contributed by atoms with Gasteiger partial charge < -0.3 is 10.2 Å². The Balaban J connectivity index is 2.16. The van der Waals surface area contributed by atoms with Crippen molar-refractivity contribution in [1.82, 2.24) is 10.2 Å². The van der Waals surface area contributed by atoms with Gasteiger partial charge in [-0.3, -0.25) is 4.21 Å². The third-order valence-electron chi connectivity index (χ3n) is 2.98. The molecule has 14 heavy (non-hydrogen) atoms. The molecule has 84 valence electrons. The molecule has 0 spiro atoms. The lowest BCUT2D eigenvalue weighted by Gasteiger charge is -2.30. The van der Waals surface area contributed by atoms with E-state index < -0.39 is 10.8 Å². The Morgan fingerprint density at radius 3 is 2.57 bits per heavy atom. The largest absolute Gasteiger partial charge is 0.313 e. The van der Waals surface area contributed by atoms with Crippen LogP contribution in [0.15, 0.2) is 0 Å². The fourth-order valence-electron chi connectivity index (χ4n) is 1.66. The fraction of sp³-hybridized carbons (Fsp3) is 1.00. The van der Waals surface area contributed by atoms with E-state index >= 15 is 0 Å². The first kappa shape index (κ1) is 12.1. The summed E-state index contributed by atoms with van der Waals surface area (Å²) in [6, 6.07) is 0.636. The number of likely N-dealkylation sites (tertiary alicyclic amines) is 1. The molecule has 1 N–H and O–H groups in total. The number of hydrogen-bond donors (Lipinski definition) is 1. The minimum atomic E-state index is -0.695. The Labute approximate surface area is 89.7 Å². The van der Waals surface area contributed by atoms with E-state index in [0.29, 0.717) is 6.04 Å². The first-order chi connectivity index (χ1) is 6.59. The molecule has 1 heterocycles. The Kier molecular flexibility index (Phi) is 5.06. The standard InChI is InChI=1S/C10H22N2OS/c1-9(14(3)13)8-11-10-4-6-12(2)7-5-10/h9-11H,4-8H2,1-3H3. The monoisotopic (exact) mass is 218 g/mol. The van der Waals surface area contributed by atoms with Crippen LogP contribution < -0.4 is 5.32 Å². The topological polar surface area (TPSA) is 32.3 Å². The molecule has 1 aliphatic heterocycles. The summed E-state index contributed by atoms with van der Waals surface area (Å²) in [5.74, 6) is 0. The van der Waals surface area contributed by atoms with E-state index in [1.54, 1.807) is 6.26 Å². The van der Waals surface area contributed by atoms with Gasteiger partial charge >= 0.3 is 0 Å². The van der Waals surface area contributed by atoms with Crippen molar-refractivity contribution in [3.8, 4) is 0 Å². The zero-order valence-electron chi connectivity index (χ0n) is 9.45. The van der Waals surface area contributed by atoms with Crippen LogP contribution in [0.4, 0.5) is 0 Å². The van der Waals surface area contributed by atoms with Gasteiger partial charge in [0, 0.05) is 34.9 Å². The lowest BCUT2D eigenvalue weighted by atomic mass is 10.1. The molecule has 0 aliphatic carbocycles. The summed E-state index contributed by atoms with van der Waals surface area (Å²) in [6.45, 7) is 5.29. The van der Waals surface area contributed by atoms with Crippen molar-refractivity contribution in [2.24, 2.45) is 0 Å². The predicted molar refractivity (Wildman–Crippen MR) is 62.1 cm³/mol. The third-order valence-corrected chi connectivity index (χ3v) is 4.28. The van der Waals surface area contributed by atoms with Crippen LogP contribution in [0.25, 0.3) is 0 Å². The first-order valence-corrected chi connectivity index (χ1v) is 6.96. The van der Waals surface area contributed by atoms with Crippen LogP contribution in [0.1, 0.15) is 19.8 Å². The summed E-state index contributed by atoms with van der Waals surface area (Å²) in [4.78, 5) is 2.36. The summed E-state index contributed by atoms with van der Waals surface area (Å²) in [6.07, 6.45) is 4.22. The van der Waals surface area contributed by atoms with Crippen molar-refractivity contribution in [1.29, 1.82) is 0 Å². The van der Waals surface area contributed by atoms with Crippen LogP contribution in [-0.4, -0.2) is 53.3 Å². The van der Waals surface area contributed by atoms with Crippen molar-refractivity contribution in [3.05, 3.63) is 0 Å². The number of hydrogen-bond acceptors (Lipinski definition) is 3. The lowest BCUT2D eigenvalue weighted by molar-refractivity contribution is 0.235. The summed E-state index contributed by atoms with van der Waals surface area (Å²) < 4.78 is 11.1. The molecule has 0 bridgehead atoms. The predicted octanol–water partition coefficient (Wildman–Crippen LogP) is 0.437. The van der Waals surface area contributed by atoms with Gasteiger partial charge in [0.1, 0.15) is 0 Å². The highest BCUT2D eigenvalue weighted by atomic mass is 32.2. The second kappa shape index (κ2) is 5.83. The molecule has 2 atom stereocenters. The molecule has 1 aliphatic rings. The van der Waals surface area contributed by atoms with Crippen LogP contribution in [0, 0.1) is 0 Å². The van der Waals surface area contributed by atoms with E-state index in [4.69, 9.17) is 0 Å². The normalized spacial score (nSPS) is 24.8. The zero-order valence-corrected chi connectivity index (χ0v) is 10.3. The van der Waals surface area contributed by atoms with Gasteiger partial charge in [-0.2, -0.15) is 0 Å². The van der Waals surface area contributed by atoms with E-state index in [2.05, 4.69) is 17.3 Å². The number of piperidine rings is 1. The summed E-state index contributed by atoms with van der Waals surface area (Å²) >= 11 is 0. The molecule has 1 fully saturated rings. The summed E-state index contributed by atoms with van der Waals surface area (Å²) in [5, 5.41) is 3.78. The van der Waals surface area contributed by atoms with Crippen molar-refractivity contribution in [2.45, 2.75) is 31.1 Å². The number of rotatable bonds is 4. The molecular weight excluding hydrogens is 196 g/mol. The SMILES string of the molecule is CC(CNC1CCN(C)CC1)S(C)=O. The van der Waals surface area contributed by atoms with Gasteiger partial charge in [-0.25, -0.2) is 0 Å². The summed E-state index contributed by atoms with van der Waals surface area (Å²) in [5.41, 5.74) is 0. The quantitative estimate of drug-likeness (QED) is 0.743. The van der Waals surface area contributed by atoms with Crippen molar-refractivity contribution in [3.63, 3.8) is 0 Å². The van der Waals surface area contributed by atoms with Gasteiger partial charge in [0.2, 0.25) is 0 Å². The molecule has 0 aromatic heterocycles. The highest BCUT2D eigenvalue weighted by Crippen LogP contribution is 2.08. The van der Waals surface area contributed by atoms with E-state index in [9.17, 15) is 4.21 Å². The lowest BCUT2D eigenvalue weighted by Crippen LogP contribution is -2.43. The van der Waals surface area contributed by atoms with Gasteiger partial charge in [-0.1, -0.05) is 0 Å². The molecule has 1 saturated heterocycles. The highest BCUT2D eigenvalue weighted by molar-refractivity contribution is 7.84. The number of nitrogens with one attached hydrogen (secondary N) is 1. The van der Waals surface area contributed by atoms with Crippen LogP contribution >= 0.6 is 0 Å². The smallest absolute Gasteiger partial charge is 0.0441 e. The molecule has 0 aromatic rings. The Hall–Kier alpha value is 0.0700. The molecule has 0 amide bonds. The Morgan fingerprint density at radius 1 is 1.50 bits per heavy atom. The molecule has 0 aromatic carbocycles.